The molecular weight excluding hydrogens is 152 g/mol. The summed E-state index contributed by atoms with van der Waals surface area (Å²) in [4.78, 5) is 0. The van der Waals surface area contributed by atoms with Gasteiger partial charge in [-0.25, -0.2) is 0 Å². The summed E-state index contributed by atoms with van der Waals surface area (Å²) in [6.07, 6.45) is 2.19. The van der Waals surface area contributed by atoms with Crippen molar-refractivity contribution < 1.29 is 10.2 Å². The van der Waals surface area contributed by atoms with Crippen molar-refractivity contribution in [2.24, 2.45) is 5.92 Å². The minimum atomic E-state index is -0.796. The molecule has 0 aromatic carbocycles. The summed E-state index contributed by atoms with van der Waals surface area (Å²) in [5.74, 6) is 0.144. The predicted molar refractivity (Wildman–Crippen MR) is 50.9 cm³/mol. The first-order chi connectivity index (χ1) is 5.42. The van der Waals surface area contributed by atoms with Crippen LogP contribution in [0.2, 0.25) is 0 Å². The fraction of sp³-hybridized carbons (Fsp3) is 0.800. The Morgan fingerprint density at radius 2 is 1.92 bits per heavy atom. The van der Waals surface area contributed by atoms with Crippen LogP contribution in [0.15, 0.2) is 12.7 Å². The number of rotatable bonds is 5. The maximum absolute atomic E-state index is 10.0. The van der Waals surface area contributed by atoms with E-state index in [1.54, 1.807) is 13.0 Å². The molecule has 12 heavy (non-hydrogen) atoms. The molecule has 2 N–H and O–H groups in total. The van der Waals surface area contributed by atoms with Crippen LogP contribution < -0.4 is 0 Å². The molecule has 0 bridgehead atoms. The lowest BCUT2D eigenvalue weighted by Gasteiger charge is -2.32. The number of hydrogen-bond acceptors (Lipinski definition) is 2. The van der Waals surface area contributed by atoms with Gasteiger partial charge in [0.2, 0.25) is 0 Å². The Morgan fingerprint density at radius 1 is 1.42 bits per heavy atom. The van der Waals surface area contributed by atoms with Gasteiger partial charge in [0.25, 0.3) is 0 Å². The quantitative estimate of drug-likeness (QED) is 0.620. The summed E-state index contributed by atoms with van der Waals surface area (Å²) < 4.78 is 0. The van der Waals surface area contributed by atoms with Crippen molar-refractivity contribution >= 4 is 0 Å². The van der Waals surface area contributed by atoms with Crippen LogP contribution in [0, 0.1) is 5.92 Å². The average Bonchev–Trinajstić information content (AvgIpc) is 1.85. The Labute approximate surface area is 74.9 Å². The third kappa shape index (κ3) is 3.37. The zero-order valence-corrected chi connectivity index (χ0v) is 8.25. The van der Waals surface area contributed by atoms with Gasteiger partial charge in [0.15, 0.2) is 0 Å². The van der Waals surface area contributed by atoms with E-state index in [0.29, 0.717) is 12.8 Å². The van der Waals surface area contributed by atoms with Crippen molar-refractivity contribution in [3.63, 3.8) is 0 Å². The summed E-state index contributed by atoms with van der Waals surface area (Å²) in [5.41, 5.74) is -0.796. The van der Waals surface area contributed by atoms with Gasteiger partial charge in [0.1, 0.15) is 0 Å². The van der Waals surface area contributed by atoms with E-state index in [9.17, 15) is 5.11 Å². The van der Waals surface area contributed by atoms with E-state index in [0.717, 1.165) is 0 Å². The zero-order valence-electron chi connectivity index (χ0n) is 8.25. The number of aliphatic hydroxyl groups excluding tert-OH is 1. The van der Waals surface area contributed by atoms with Gasteiger partial charge in [-0.3, -0.25) is 0 Å². The van der Waals surface area contributed by atoms with E-state index in [1.807, 2.05) is 13.8 Å². The largest absolute Gasteiger partial charge is 0.393 e. The van der Waals surface area contributed by atoms with Crippen molar-refractivity contribution in [2.75, 3.05) is 0 Å². The minimum absolute atomic E-state index is 0.144. The van der Waals surface area contributed by atoms with Crippen LogP contribution in [0.25, 0.3) is 0 Å². The molecule has 0 radical (unpaired) electrons. The summed E-state index contributed by atoms with van der Waals surface area (Å²) >= 11 is 0. The Morgan fingerprint density at radius 3 is 2.17 bits per heavy atom. The van der Waals surface area contributed by atoms with E-state index in [2.05, 4.69) is 6.58 Å². The summed E-state index contributed by atoms with van der Waals surface area (Å²) in [6, 6.07) is 0. The minimum Gasteiger partial charge on any atom is -0.393 e. The van der Waals surface area contributed by atoms with Crippen LogP contribution in [0.3, 0.4) is 0 Å². The molecule has 0 amide bonds. The Bertz CT molecular complexity index is 141. The Balaban J connectivity index is 4.27. The molecule has 0 saturated carbocycles. The summed E-state index contributed by atoms with van der Waals surface area (Å²) in [7, 11) is 0. The van der Waals surface area contributed by atoms with Gasteiger partial charge in [-0.1, -0.05) is 19.9 Å². The lowest BCUT2D eigenvalue weighted by Crippen LogP contribution is -2.37. The van der Waals surface area contributed by atoms with Gasteiger partial charge in [0, 0.05) is 6.42 Å². The van der Waals surface area contributed by atoms with Crippen LogP contribution >= 0.6 is 0 Å². The van der Waals surface area contributed by atoms with Gasteiger partial charge < -0.3 is 10.2 Å². The van der Waals surface area contributed by atoms with Crippen LogP contribution in [-0.4, -0.2) is 21.9 Å². The van der Waals surface area contributed by atoms with Gasteiger partial charge >= 0.3 is 0 Å². The molecule has 0 aromatic heterocycles. The van der Waals surface area contributed by atoms with Crippen LogP contribution in [0.5, 0.6) is 0 Å². The van der Waals surface area contributed by atoms with Crippen molar-refractivity contribution in [2.45, 2.75) is 45.3 Å². The van der Waals surface area contributed by atoms with Crippen molar-refractivity contribution in [1.29, 1.82) is 0 Å². The molecular formula is C10H20O2. The lowest BCUT2D eigenvalue weighted by atomic mass is 9.82. The molecule has 0 saturated heterocycles. The number of aliphatic hydroxyl groups is 2. The second-order valence-corrected chi connectivity index (χ2v) is 3.80. The van der Waals surface area contributed by atoms with Gasteiger partial charge in [-0.05, 0) is 19.3 Å². The Hall–Kier alpha value is -0.340. The molecule has 0 aliphatic rings. The van der Waals surface area contributed by atoms with E-state index < -0.39 is 11.7 Å². The molecule has 0 aliphatic heterocycles. The smallest absolute Gasteiger partial charge is 0.0729 e. The summed E-state index contributed by atoms with van der Waals surface area (Å²) in [6.45, 7) is 9.19. The van der Waals surface area contributed by atoms with Gasteiger partial charge in [0.05, 0.1) is 11.7 Å². The second kappa shape index (κ2) is 4.63. The maximum atomic E-state index is 10.0. The average molecular weight is 172 g/mol. The highest BCUT2D eigenvalue weighted by Crippen LogP contribution is 2.26. The van der Waals surface area contributed by atoms with E-state index in [-0.39, 0.29) is 5.92 Å². The molecule has 2 unspecified atom stereocenters. The molecule has 2 nitrogen and oxygen atoms in total. The molecule has 0 aliphatic carbocycles. The third-order valence-corrected chi connectivity index (χ3v) is 2.22. The van der Waals surface area contributed by atoms with Crippen molar-refractivity contribution in [1.82, 2.24) is 0 Å². The topological polar surface area (TPSA) is 40.5 Å². The van der Waals surface area contributed by atoms with Crippen molar-refractivity contribution in [3.8, 4) is 0 Å². The fourth-order valence-corrected chi connectivity index (χ4v) is 1.32. The van der Waals surface area contributed by atoms with Crippen molar-refractivity contribution in [3.05, 3.63) is 12.7 Å². The molecule has 2 atom stereocenters. The highest BCUT2D eigenvalue weighted by atomic mass is 16.3. The van der Waals surface area contributed by atoms with Gasteiger partial charge in [-0.2, -0.15) is 0 Å². The molecule has 2 heteroatoms. The third-order valence-electron chi connectivity index (χ3n) is 2.22. The predicted octanol–water partition coefficient (Wildman–Crippen LogP) is 1.72. The highest BCUT2D eigenvalue weighted by Gasteiger charge is 2.30. The normalized spacial score (nSPS) is 18.8. The monoisotopic (exact) mass is 172 g/mol. The van der Waals surface area contributed by atoms with Gasteiger partial charge in [-0.15, -0.1) is 6.58 Å². The zero-order chi connectivity index (χ0) is 9.78. The molecule has 72 valence electrons. The first-order valence-corrected chi connectivity index (χ1v) is 4.43. The lowest BCUT2D eigenvalue weighted by molar-refractivity contribution is -0.0396. The van der Waals surface area contributed by atoms with E-state index in [1.165, 1.54) is 0 Å². The molecule has 0 heterocycles. The van der Waals surface area contributed by atoms with Crippen LogP contribution in [-0.2, 0) is 0 Å². The Kier molecular flexibility index (Phi) is 4.50. The summed E-state index contributed by atoms with van der Waals surface area (Å²) in [5, 5.41) is 19.2. The second-order valence-electron chi connectivity index (χ2n) is 3.80. The van der Waals surface area contributed by atoms with Crippen LogP contribution in [0.4, 0.5) is 0 Å². The molecule has 0 spiro atoms. The van der Waals surface area contributed by atoms with Crippen LogP contribution in [0.1, 0.15) is 33.6 Å². The molecule has 0 aromatic rings. The first-order valence-electron chi connectivity index (χ1n) is 4.43. The fourth-order valence-electron chi connectivity index (χ4n) is 1.32. The number of hydrogen-bond donors (Lipinski definition) is 2. The molecule has 0 fully saturated rings. The van der Waals surface area contributed by atoms with E-state index >= 15 is 0 Å². The highest BCUT2D eigenvalue weighted by molar-refractivity contribution is 4.90. The maximum Gasteiger partial charge on any atom is 0.0729 e. The first kappa shape index (κ1) is 11.7. The SMILES string of the molecule is C=CCC(O)(CC(C)O)C(C)C. The van der Waals surface area contributed by atoms with E-state index in [4.69, 9.17) is 5.11 Å². The molecule has 0 rings (SSSR count). The standard InChI is InChI=1S/C10H20O2/c1-5-6-10(12,8(2)3)7-9(4)11/h5,8-9,11-12H,1,6-7H2,2-4H3.